The van der Waals surface area contributed by atoms with Gasteiger partial charge in [0.15, 0.2) is 0 Å². The van der Waals surface area contributed by atoms with Gasteiger partial charge in [0.1, 0.15) is 0 Å². The maximum absolute atomic E-state index is 3.90. The molecule has 164 valence electrons. The summed E-state index contributed by atoms with van der Waals surface area (Å²) in [4.78, 5) is 5.09. The van der Waals surface area contributed by atoms with Crippen LogP contribution in [-0.4, -0.2) is 55.2 Å². The van der Waals surface area contributed by atoms with Gasteiger partial charge in [-0.3, -0.25) is 9.80 Å². The van der Waals surface area contributed by atoms with Crippen molar-refractivity contribution >= 4 is 11.4 Å². The summed E-state index contributed by atoms with van der Waals surface area (Å²) >= 11 is 0. The van der Waals surface area contributed by atoms with Crippen LogP contribution in [0.15, 0.2) is 24.3 Å². The summed E-state index contributed by atoms with van der Waals surface area (Å²) < 4.78 is 0. The van der Waals surface area contributed by atoms with Crippen LogP contribution < -0.4 is 10.6 Å². The summed E-state index contributed by atoms with van der Waals surface area (Å²) in [6.07, 6.45) is 0. The van der Waals surface area contributed by atoms with E-state index in [0.717, 1.165) is 32.8 Å². The number of aryl methyl sites for hydroxylation is 6. The third-order valence-corrected chi connectivity index (χ3v) is 6.29. The molecule has 0 radical (unpaired) electrons. The summed E-state index contributed by atoms with van der Waals surface area (Å²) in [7, 11) is 0. The predicted octanol–water partition coefficient (Wildman–Crippen LogP) is 5.02. The van der Waals surface area contributed by atoms with Gasteiger partial charge in [0.2, 0.25) is 0 Å². The van der Waals surface area contributed by atoms with Gasteiger partial charge in [0.05, 0.1) is 12.7 Å². The van der Waals surface area contributed by atoms with Crippen molar-refractivity contribution < 1.29 is 0 Å². The Morgan fingerprint density at radius 1 is 0.767 bits per heavy atom. The van der Waals surface area contributed by atoms with Crippen LogP contribution in [0.1, 0.15) is 40.3 Å². The molecule has 0 aromatic heterocycles. The summed E-state index contributed by atoms with van der Waals surface area (Å²) in [5.41, 5.74) is 10.5. The molecule has 1 heterocycles. The van der Waals surface area contributed by atoms with E-state index in [1.807, 2.05) is 0 Å². The summed E-state index contributed by atoms with van der Waals surface area (Å²) in [5.74, 6) is 0. The van der Waals surface area contributed by atoms with Crippen LogP contribution in [0.5, 0.6) is 0 Å². The van der Waals surface area contributed by atoms with Gasteiger partial charge in [-0.1, -0.05) is 42.3 Å². The number of benzene rings is 2. The Morgan fingerprint density at radius 3 is 1.77 bits per heavy atom. The fourth-order valence-electron chi connectivity index (χ4n) is 4.88. The van der Waals surface area contributed by atoms with Crippen molar-refractivity contribution in [1.29, 1.82) is 0 Å². The zero-order valence-corrected chi connectivity index (χ0v) is 20.0. The minimum atomic E-state index is 0.335. The number of hydrogen-bond donors (Lipinski definition) is 2. The molecule has 0 bridgehead atoms. The topological polar surface area (TPSA) is 30.5 Å². The Morgan fingerprint density at radius 2 is 1.27 bits per heavy atom. The second-order valence-electron chi connectivity index (χ2n) is 9.20. The highest BCUT2D eigenvalue weighted by atomic mass is 15.4. The third kappa shape index (κ3) is 5.55. The SMILES string of the molecule is CCN1CCN(CC(CNc2c(C)cc(C)cc2C)Nc2c(C)cc(C)cc2C)C1. The van der Waals surface area contributed by atoms with Gasteiger partial charge in [-0.25, -0.2) is 0 Å². The molecule has 1 aliphatic heterocycles. The highest BCUT2D eigenvalue weighted by Gasteiger charge is 2.22. The van der Waals surface area contributed by atoms with E-state index in [1.165, 1.54) is 51.3 Å². The summed E-state index contributed by atoms with van der Waals surface area (Å²) in [5, 5.41) is 7.68. The lowest BCUT2D eigenvalue weighted by Crippen LogP contribution is -2.41. The molecule has 0 saturated carbocycles. The van der Waals surface area contributed by atoms with E-state index in [0.29, 0.717) is 6.04 Å². The summed E-state index contributed by atoms with van der Waals surface area (Å²) in [6.45, 7) is 21.9. The van der Waals surface area contributed by atoms with Crippen molar-refractivity contribution in [2.24, 2.45) is 0 Å². The molecule has 4 heteroatoms. The van der Waals surface area contributed by atoms with Crippen molar-refractivity contribution in [1.82, 2.24) is 9.80 Å². The van der Waals surface area contributed by atoms with E-state index in [9.17, 15) is 0 Å². The lowest BCUT2D eigenvalue weighted by atomic mass is 10.0. The molecule has 4 nitrogen and oxygen atoms in total. The van der Waals surface area contributed by atoms with E-state index in [4.69, 9.17) is 0 Å². The Bertz CT molecular complexity index is 827. The fourth-order valence-corrected chi connectivity index (χ4v) is 4.88. The van der Waals surface area contributed by atoms with Crippen LogP contribution in [0.4, 0.5) is 11.4 Å². The van der Waals surface area contributed by atoms with Gasteiger partial charge in [-0.05, 0) is 70.3 Å². The molecule has 1 unspecified atom stereocenters. The van der Waals surface area contributed by atoms with Crippen molar-refractivity contribution in [2.75, 3.05) is 50.0 Å². The molecule has 0 aliphatic carbocycles. The number of rotatable bonds is 8. The van der Waals surface area contributed by atoms with E-state index in [-0.39, 0.29) is 0 Å². The maximum atomic E-state index is 3.90. The number of nitrogens with zero attached hydrogens (tertiary/aromatic N) is 2. The predicted molar refractivity (Wildman–Crippen MR) is 131 cm³/mol. The minimum absolute atomic E-state index is 0.335. The van der Waals surface area contributed by atoms with Crippen LogP contribution in [0.25, 0.3) is 0 Å². The van der Waals surface area contributed by atoms with Crippen molar-refractivity contribution in [3.63, 3.8) is 0 Å². The van der Waals surface area contributed by atoms with Crippen LogP contribution in [0.2, 0.25) is 0 Å². The molecule has 2 aromatic carbocycles. The molecule has 1 fully saturated rings. The molecule has 0 spiro atoms. The molecule has 0 amide bonds. The second kappa shape index (κ2) is 9.84. The highest BCUT2D eigenvalue weighted by Crippen LogP contribution is 2.25. The molecule has 2 aromatic rings. The normalized spacial score (nSPS) is 16.1. The third-order valence-electron chi connectivity index (χ3n) is 6.29. The molecule has 1 saturated heterocycles. The van der Waals surface area contributed by atoms with Crippen LogP contribution in [-0.2, 0) is 0 Å². The van der Waals surface area contributed by atoms with Crippen LogP contribution in [0, 0.1) is 41.5 Å². The quantitative estimate of drug-likeness (QED) is 0.642. The zero-order chi connectivity index (χ0) is 21.8. The second-order valence-corrected chi connectivity index (χ2v) is 9.20. The van der Waals surface area contributed by atoms with Crippen molar-refractivity contribution in [3.05, 3.63) is 57.6 Å². The lowest BCUT2D eigenvalue weighted by molar-refractivity contribution is 0.247. The molecular formula is C26H40N4. The fraction of sp³-hybridized carbons (Fsp3) is 0.538. The molecular weight excluding hydrogens is 368 g/mol. The van der Waals surface area contributed by atoms with Gasteiger partial charge in [-0.15, -0.1) is 0 Å². The van der Waals surface area contributed by atoms with E-state index < -0.39 is 0 Å². The van der Waals surface area contributed by atoms with E-state index in [2.05, 4.69) is 93.2 Å². The summed E-state index contributed by atoms with van der Waals surface area (Å²) in [6, 6.07) is 9.44. The first kappa shape index (κ1) is 22.6. The Labute approximate surface area is 183 Å². The first-order valence-electron chi connectivity index (χ1n) is 11.4. The van der Waals surface area contributed by atoms with E-state index in [1.54, 1.807) is 0 Å². The Hall–Kier alpha value is -2.04. The average molecular weight is 409 g/mol. The van der Waals surface area contributed by atoms with Gasteiger partial charge in [-0.2, -0.15) is 0 Å². The van der Waals surface area contributed by atoms with Gasteiger partial charge < -0.3 is 10.6 Å². The molecule has 30 heavy (non-hydrogen) atoms. The molecule has 1 aliphatic rings. The van der Waals surface area contributed by atoms with Gasteiger partial charge in [0.25, 0.3) is 0 Å². The lowest BCUT2D eigenvalue weighted by Gasteiger charge is -2.28. The maximum Gasteiger partial charge on any atom is 0.0561 e. The Balaban J connectivity index is 1.77. The first-order valence-corrected chi connectivity index (χ1v) is 11.4. The number of nitrogens with one attached hydrogen (secondary N) is 2. The van der Waals surface area contributed by atoms with Crippen molar-refractivity contribution in [3.8, 4) is 0 Å². The Kier molecular flexibility index (Phi) is 7.43. The first-order chi connectivity index (χ1) is 14.3. The minimum Gasteiger partial charge on any atom is -0.383 e. The van der Waals surface area contributed by atoms with E-state index >= 15 is 0 Å². The largest absolute Gasteiger partial charge is 0.383 e. The van der Waals surface area contributed by atoms with Crippen molar-refractivity contribution in [2.45, 2.75) is 54.5 Å². The number of likely N-dealkylation sites (N-methyl/N-ethyl adjacent to an activating group) is 1. The number of hydrogen-bond acceptors (Lipinski definition) is 4. The highest BCUT2D eigenvalue weighted by molar-refractivity contribution is 5.60. The van der Waals surface area contributed by atoms with Crippen LogP contribution >= 0.6 is 0 Å². The molecule has 2 N–H and O–H groups in total. The smallest absolute Gasteiger partial charge is 0.0561 e. The monoisotopic (exact) mass is 408 g/mol. The van der Waals surface area contributed by atoms with Gasteiger partial charge in [0, 0.05) is 37.6 Å². The van der Waals surface area contributed by atoms with Crippen LogP contribution in [0.3, 0.4) is 0 Å². The standard InChI is InChI=1S/C26H40N4/c1-8-29-9-10-30(17-29)16-24(28-26-22(6)13-19(3)14-23(26)7)15-27-25-20(4)11-18(2)12-21(25)5/h11-14,24,27-28H,8-10,15-17H2,1-7H3. The number of anilines is 2. The zero-order valence-electron chi connectivity index (χ0n) is 20.0. The molecule has 3 rings (SSSR count). The molecule has 1 atom stereocenters. The average Bonchev–Trinajstić information content (AvgIpc) is 3.11. The van der Waals surface area contributed by atoms with Gasteiger partial charge >= 0.3 is 0 Å².